The number of nitrogens with zero attached hydrogens (tertiary/aromatic N) is 2. The van der Waals surface area contributed by atoms with Crippen molar-refractivity contribution in [3.05, 3.63) is 35.6 Å². The van der Waals surface area contributed by atoms with E-state index in [4.69, 9.17) is 4.74 Å². The molecular weight excluding hydrogens is 283 g/mol. The van der Waals surface area contributed by atoms with Gasteiger partial charge in [0.2, 0.25) is 0 Å². The molecule has 1 rings (SSSR count). The van der Waals surface area contributed by atoms with Crippen molar-refractivity contribution < 1.29 is 9.13 Å². The number of ether oxygens (including phenoxy) is 1. The van der Waals surface area contributed by atoms with Crippen LogP contribution in [0.3, 0.4) is 0 Å². The Labute approximate surface area is 132 Å². The van der Waals surface area contributed by atoms with Crippen LogP contribution in [0.25, 0.3) is 0 Å². The molecule has 22 heavy (non-hydrogen) atoms. The smallest absolute Gasteiger partial charge is 0.191 e. The summed E-state index contributed by atoms with van der Waals surface area (Å²) in [7, 11) is 5.66. The third-order valence-corrected chi connectivity index (χ3v) is 3.24. The third kappa shape index (κ3) is 6.41. The number of halogens is 1. The van der Waals surface area contributed by atoms with Crippen LogP contribution in [0.4, 0.5) is 4.39 Å². The predicted octanol–water partition coefficient (Wildman–Crippen LogP) is 1.63. The number of hydrogen-bond donors (Lipinski definition) is 2. The summed E-state index contributed by atoms with van der Waals surface area (Å²) in [6.07, 6.45) is 0. The summed E-state index contributed by atoms with van der Waals surface area (Å²) in [6, 6.07) is 6.68. The van der Waals surface area contributed by atoms with Gasteiger partial charge in [0, 0.05) is 20.2 Å². The molecule has 0 aromatic heterocycles. The van der Waals surface area contributed by atoms with Gasteiger partial charge in [0.15, 0.2) is 5.96 Å². The Morgan fingerprint density at radius 3 is 2.50 bits per heavy atom. The second kappa shape index (κ2) is 10.1. The van der Waals surface area contributed by atoms with Crippen molar-refractivity contribution in [3.63, 3.8) is 0 Å². The molecule has 0 aliphatic heterocycles. The molecule has 0 amide bonds. The molecule has 0 bridgehead atoms. The molecule has 0 saturated heterocycles. The lowest BCUT2D eigenvalue weighted by atomic mass is 10.1. The van der Waals surface area contributed by atoms with E-state index in [-0.39, 0.29) is 11.9 Å². The molecule has 0 saturated carbocycles. The zero-order valence-electron chi connectivity index (χ0n) is 13.9. The van der Waals surface area contributed by atoms with Crippen molar-refractivity contribution in [2.24, 2.45) is 4.99 Å². The van der Waals surface area contributed by atoms with E-state index in [0.29, 0.717) is 19.7 Å². The highest BCUT2D eigenvalue weighted by molar-refractivity contribution is 5.79. The van der Waals surface area contributed by atoms with Crippen molar-refractivity contribution in [1.82, 2.24) is 15.5 Å². The molecular formula is C16H27FN4O. The lowest BCUT2D eigenvalue weighted by Gasteiger charge is -2.23. The number of aliphatic imine (C=N–C) groups is 1. The van der Waals surface area contributed by atoms with Crippen LogP contribution < -0.4 is 10.6 Å². The minimum absolute atomic E-state index is 0.0958. The first kappa shape index (κ1) is 18.4. The molecule has 0 aliphatic carbocycles. The minimum Gasteiger partial charge on any atom is -0.383 e. The van der Waals surface area contributed by atoms with Gasteiger partial charge >= 0.3 is 0 Å². The van der Waals surface area contributed by atoms with Gasteiger partial charge in [-0.05, 0) is 38.7 Å². The standard InChI is InChI=1S/C16H27FN4O/c1-5-18-16(19-10-11-22-4)20-12-15(21(2)3)13-6-8-14(17)9-7-13/h6-9,15H,5,10-12H2,1-4H3,(H2,18,19,20). The average molecular weight is 310 g/mol. The Kier molecular flexibility index (Phi) is 8.47. The van der Waals surface area contributed by atoms with E-state index in [2.05, 4.69) is 20.5 Å². The number of benzene rings is 1. The lowest BCUT2D eigenvalue weighted by Crippen LogP contribution is -2.39. The van der Waals surface area contributed by atoms with E-state index in [0.717, 1.165) is 18.1 Å². The van der Waals surface area contributed by atoms with E-state index in [1.807, 2.05) is 21.0 Å². The van der Waals surface area contributed by atoms with Crippen LogP contribution in [0.2, 0.25) is 0 Å². The lowest BCUT2D eigenvalue weighted by molar-refractivity contribution is 0.203. The van der Waals surface area contributed by atoms with Crippen LogP contribution >= 0.6 is 0 Å². The van der Waals surface area contributed by atoms with E-state index < -0.39 is 0 Å². The quantitative estimate of drug-likeness (QED) is 0.435. The fourth-order valence-corrected chi connectivity index (χ4v) is 2.04. The fraction of sp³-hybridized carbons (Fsp3) is 0.562. The molecule has 0 spiro atoms. The van der Waals surface area contributed by atoms with Gasteiger partial charge < -0.3 is 20.3 Å². The summed E-state index contributed by atoms with van der Waals surface area (Å²) in [5, 5.41) is 6.41. The highest BCUT2D eigenvalue weighted by atomic mass is 19.1. The van der Waals surface area contributed by atoms with Crippen LogP contribution in [0.15, 0.2) is 29.3 Å². The summed E-state index contributed by atoms with van der Waals surface area (Å²) >= 11 is 0. The molecule has 1 atom stereocenters. The molecule has 0 aliphatic rings. The second-order valence-electron chi connectivity index (χ2n) is 5.17. The number of hydrogen-bond acceptors (Lipinski definition) is 3. The highest BCUT2D eigenvalue weighted by Gasteiger charge is 2.14. The first-order valence-corrected chi connectivity index (χ1v) is 7.51. The number of guanidine groups is 1. The van der Waals surface area contributed by atoms with Crippen LogP contribution in [-0.2, 0) is 4.74 Å². The first-order chi connectivity index (χ1) is 10.6. The summed E-state index contributed by atoms with van der Waals surface area (Å²) in [5.41, 5.74) is 1.04. The fourth-order valence-electron chi connectivity index (χ4n) is 2.04. The monoisotopic (exact) mass is 310 g/mol. The Morgan fingerprint density at radius 2 is 1.95 bits per heavy atom. The van der Waals surface area contributed by atoms with Crippen molar-refractivity contribution in [2.45, 2.75) is 13.0 Å². The Hall–Kier alpha value is -1.66. The van der Waals surface area contributed by atoms with E-state index >= 15 is 0 Å². The van der Waals surface area contributed by atoms with Crippen LogP contribution in [0.5, 0.6) is 0 Å². The van der Waals surface area contributed by atoms with Crippen LogP contribution in [-0.4, -0.2) is 58.3 Å². The highest BCUT2D eigenvalue weighted by Crippen LogP contribution is 2.18. The summed E-state index contributed by atoms with van der Waals surface area (Å²) < 4.78 is 18.1. The average Bonchev–Trinajstić information content (AvgIpc) is 2.49. The van der Waals surface area contributed by atoms with Gasteiger partial charge in [-0.3, -0.25) is 4.99 Å². The zero-order valence-corrected chi connectivity index (χ0v) is 13.9. The molecule has 6 heteroatoms. The SMILES string of the molecule is CCNC(=NCC(c1ccc(F)cc1)N(C)C)NCCOC. The van der Waals surface area contributed by atoms with Crippen molar-refractivity contribution >= 4 is 5.96 Å². The second-order valence-corrected chi connectivity index (χ2v) is 5.17. The molecule has 1 unspecified atom stereocenters. The molecule has 2 N–H and O–H groups in total. The zero-order chi connectivity index (χ0) is 16.4. The summed E-state index contributed by atoms with van der Waals surface area (Å²) in [6.45, 7) is 4.73. The Balaban J connectivity index is 2.74. The van der Waals surface area contributed by atoms with Gasteiger partial charge in [0.25, 0.3) is 0 Å². The maximum absolute atomic E-state index is 13.1. The topological polar surface area (TPSA) is 48.9 Å². The Bertz CT molecular complexity index is 448. The van der Waals surface area contributed by atoms with Crippen molar-refractivity contribution in [3.8, 4) is 0 Å². The van der Waals surface area contributed by atoms with E-state index in [9.17, 15) is 4.39 Å². The van der Waals surface area contributed by atoms with Gasteiger partial charge in [-0.25, -0.2) is 4.39 Å². The molecule has 124 valence electrons. The third-order valence-electron chi connectivity index (χ3n) is 3.24. The molecule has 0 fully saturated rings. The molecule has 5 nitrogen and oxygen atoms in total. The minimum atomic E-state index is -0.223. The molecule has 0 heterocycles. The molecule has 1 aromatic carbocycles. The van der Waals surface area contributed by atoms with Gasteiger partial charge in [0.05, 0.1) is 19.2 Å². The van der Waals surface area contributed by atoms with E-state index in [1.165, 1.54) is 12.1 Å². The van der Waals surface area contributed by atoms with Gasteiger partial charge in [-0.1, -0.05) is 12.1 Å². The number of rotatable bonds is 8. The van der Waals surface area contributed by atoms with Crippen LogP contribution in [0.1, 0.15) is 18.5 Å². The van der Waals surface area contributed by atoms with Gasteiger partial charge in [-0.2, -0.15) is 0 Å². The molecule has 0 radical (unpaired) electrons. The van der Waals surface area contributed by atoms with E-state index in [1.54, 1.807) is 19.2 Å². The normalized spacial score (nSPS) is 13.3. The summed E-state index contributed by atoms with van der Waals surface area (Å²) in [5.74, 6) is 0.535. The number of methoxy groups -OCH3 is 1. The predicted molar refractivity (Wildman–Crippen MR) is 88.7 cm³/mol. The summed E-state index contributed by atoms with van der Waals surface area (Å²) in [4.78, 5) is 6.69. The maximum Gasteiger partial charge on any atom is 0.191 e. The largest absolute Gasteiger partial charge is 0.383 e. The van der Waals surface area contributed by atoms with Crippen molar-refractivity contribution in [2.75, 3.05) is 47.4 Å². The molecule has 1 aromatic rings. The Morgan fingerprint density at radius 1 is 1.27 bits per heavy atom. The number of nitrogens with one attached hydrogen (secondary N) is 2. The number of likely N-dealkylation sites (N-methyl/N-ethyl adjacent to an activating group) is 1. The first-order valence-electron chi connectivity index (χ1n) is 7.51. The maximum atomic E-state index is 13.1. The van der Waals surface area contributed by atoms with Crippen molar-refractivity contribution in [1.29, 1.82) is 0 Å². The van der Waals surface area contributed by atoms with Crippen LogP contribution in [0, 0.1) is 5.82 Å². The van der Waals surface area contributed by atoms with Gasteiger partial charge in [-0.15, -0.1) is 0 Å². The van der Waals surface area contributed by atoms with Gasteiger partial charge in [0.1, 0.15) is 5.82 Å².